The lowest BCUT2D eigenvalue weighted by atomic mass is 9.89. The van der Waals surface area contributed by atoms with Gasteiger partial charge in [-0.25, -0.2) is 13.2 Å². The summed E-state index contributed by atoms with van der Waals surface area (Å²) in [5.41, 5.74) is 2.20. The van der Waals surface area contributed by atoms with Gasteiger partial charge in [-0.05, 0) is 67.3 Å². The smallest absolute Gasteiger partial charge is 0.134 e. The van der Waals surface area contributed by atoms with Gasteiger partial charge >= 0.3 is 0 Å². The molecule has 1 saturated carbocycles. The van der Waals surface area contributed by atoms with Crippen LogP contribution in [0.4, 0.5) is 13.2 Å². The zero-order valence-electron chi connectivity index (χ0n) is 16.6. The lowest BCUT2D eigenvalue weighted by molar-refractivity contribution is 0.216. The second kappa shape index (κ2) is 9.36. The fourth-order valence-electron chi connectivity index (χ4n) is 3.49. The Kier molecular flexibility index (Phi) is 7.10. The molecule has 5 heteroatoms. The number of halogens is 3. The Bertz CT molecular complexity index is 786. The predicted molar refractivity (Wildman–Crippen MR) is 112 cm³/mol. The lowest BCUT2D eigenvalue weighted by Gasteiger charge is -2.28. The van der Waals surface area contributed by atoms with Crippen LogP contribution in [0, 0.1) is 24.5 Å². The first-order valence-electron chi connectivity index (χ1n) is 9.99. The summed E-state index contributed by atoms with van der Waals surface area (Å²) in [6, 6.07) is 9.42. The minimum atomic E-state index is -0.974. The van der Waals surface area contributed by atoms with E-state index in [4.69, 9.17) is 0 Å². The van der Waals surface area contributed by atoms with Crippen LogP contribution in [0.5, 0.6) is 0 Å². The van der Waals surface area contributed by atoms with Crippen molar-refractivity contribution in [3.05, 3.63) is 59.2 Å². The molecule has 1 nitrogen and oxygen atoms in total. The third-order valence-electron chi connectivity index (χ3n) is 5.26. The van der Waals surface area contributed by atoms with Crippen molar-refractivity contribution in [2.45, 2.75) is 63.9 Å². The number of rotatable bonds is 9. The molecule has 3 atom stereocenters. The van der Waals surface area contributed by atoms with Crippen molar-refractivity contribution in [3.8, 4) is 11.1 Å². The maximum absolute atomic E-state index is 15.2. The summed E-state index contributed by atoms with van der Waals surface area (Å²) in [5, 5.41) is 0.579. The average molecular weight is 408 g/mol. The molecule has 0 aliphatic heterocycles. The van der Waals surface area contributed by atoms with Crippen molar-refractivity contribution >= 4 is 11.9 Å². The van der Waals surface area contributed by atoms with Gasteiger partial charge in [0.25, 0.3) is 0 Å². The number of hydrogen-bond donors (Lipinski definition) is 1. The Morgan fingerprint density at radius 1 is 1.18 bits per heavy atom. The van der Waals surface area contributed by atoms with Crippen LogP contribution >= 0.6 is 11.9 Å². The highest BCUT2D eigenvalue weighted by Gasteiger charge is 2.30. The molecule has 0 radical (unpaired) electrons. The third kappa shape index (κ3) is 5.32. The van der Waals surface area contributed by atoms with Crippen LogP contribution in [-0.4, -0.2) is 17.5 Å². The van der Waals surface area contributed by atoms with Gasteiger partial charge in [0.05, 0.1) is 6.04 Å². The molecule has 0 spiro atoms. The zero-order valence-corrected chi connectivity index (χ0v) is 17.5. The molecular formula is C23H28F3NS. The molecule has 1 N–H and O–H groups in total. The Balaban J connectivity index is 1.80. The van der Waals surface area contributed by atoms with Gasteiger partial charge in [-0.1, -0.05) is 50.1 Å². The van der Waals surface area contributed by atoms with Gasteiger partial charge < -0.3 is 0 Å². The van der Waals surface area contributed by atoms with Crippen molar-refractivity contribution in [3.63, 3.8) is 0 Å². The van der Waals surface area contributed by atoms with Gasteiger partial charge in [0.2, 0.25) is 0 Å². The van der Waals surface area contributed by atoms with Crippen molar-refractivity contribution in [2.24, 2.45) is 5.92 Å². The molecule has 0 heterocycles. The van der Waals surface area contributed by atoms with E-state index in [0.29, 0.717) is 34.8 Å². The van der Waals surface area contributed by atoms with Gasteiger partial charge in [0.15, 0.2) is 0 Å². The van der Waals surface area contributed by atoms with E-state index in [1.54, 1.807) is 43.1 Å². The Labute approximate surface area is 170 Å². The summed E-state index contributed by atoms with van der Waals surface area (Å²) >= 11 is 1.62. The second-order valence-corrected chi connectivity index (χ2v) is 9.00. The quantitative estimate of drug-likeness (QED) is 0.468. The van der Waals surface area contributed by atoms with Gasteiger partial charge in [0.1, 0.15) is 17.8 Å². The van der Waals surface area contributed by atoms with Crippen molar-refractivity contribution in [1.29, 1.82) is 0 Å². The highest BCUT2D eigenvalue weighted by Crippen LogP contribution is 2.34. The number of alkyl halides is 1. The molecule has 3 rings (SSSR count). The molecule has 28 heavy (non-hydrogen) atoms. The van der Waals surface area contributed by atoms with Gasteiger partial charge in [-0.3, -0.25) is 4.72 Å². The largest absolute Gasteiger partial charge is 0.258 e. The molecule has 1 fully saturated rings. The first kappa shape index (κ1) is 21.3. The summed E-state index contributed by atoms with van der Waals surface area (Å²) < 4.78 is 46.8. The summed E-state index contributed by atoms with van der Waals surface area (Å²) in [6.45, 7) is 5.59. The highest BCUT2D eigenvalue weighted by atomic mass is 32.2. The van der Waals surface area contributed by atoms with Crippen molar-refractivity contribution in [1.82, 2.24) is 4.72 Å². The fourth-order valence-corrected chi connectivity index (χ4v) is 4.59. The van der Waals surface area contributed by atoms with Crippen LogP contribution in [0.1, 0.15) is 44.2 Å². The molecule has 1 aliphatic carbocycles. The molecule has 152 valence electrons. The molecule has 3 unspecified atom stereocenters. The van der Waals surface area contributed by atoms with Crippen LogP contribution in [0.15, 0.2) is 36.4 Å². The molecule has 0 aromatic heterocycles. The van der Waals surface area contributed by atoms with Crippen LogP contribution in [-0.2, 0) is 6.42 Å². The molecule has 1 aliphatic rings. The third-order valence-corrected chi connectivity index (χ3v) is 6.47. The topological polar surface area (TPSA) is 12.0 Å². The highest BCUT2D eigenvalue weighted by molar-refractivity contribution is 7.98. The van der Waals surface area contributed by atoms with Gasteiger partial charge in [0, 0.05) is 10.8 Å². The SMILES string of the molecule is CCC(F)C(NSC1CC1)C(C)Cc1cccc(-c2cc(C)cc(F)c2)c1F. The minimum Gasteiger partial charge on any atom is -0.258 e. The minimum absolute atomic E-state index is 0.0693. The molecular weight excluding hydrogens is 379 g/mol. The monoisotopic (exact) mass is 407 g/mol. The number of aryl methyl sites for hydroxylation is 1. The van der Waals surface area contributed by atoms with Crippen LogP contribution < -0.4 is 4.72 Å². The van der Waals surface area contributed by atoms with E-state index >= 15 is 4.39 Å². The standard InChI is InChI=1S/C23H28F3NS/c1-4-21(25)23(27-28-19-8-9-19)15(3)12-16-6-5-7-20(22(16)26)17-10-14(2)11-18(24)13-17/h5-7,10-11,13,15,19,21,23,27H,4,8-9,12H2,1-3H3. The van der Waals surface area contributed by atoms with E-state index in [2.05, 4.69) is 4.72 Å². The van der Waals surface area contributed by atoms with Crippen molar-refractivity contribution in [2.75, 3.05) is 0 Å². The van der Waals surface area contributed by atoms with E-state index in [9.17, 15) is 8.78 Å². The normalized spacial score (nSPS) is 17.4. The summed E-state index contributed by atoms with van der Waals surface area (Å²) in [4.78, 5) is 0. The first-order chi connectivity index (χ1) is 13.4. The van der Waals surface area contributed by atoms with Gasteiger partial charge in [-0.2, -0.15) is 0 Å². The van der Waals surface area contributed by atoms with Crippen LogP contribution in [0.3, 0.4) is 0 Å². The van der Waals surface area contributed by atoms with Crippen molar-refractivity contribution < 1.29 is 13.2 Å². The summed E-state index contributed by atoms with van der Waals surface area (Å²) in [5.74, 6) is -0.794. The number of nitrogens with one attached hydrogen (secondary N) is 1. The maximum atomic E-state index is 15.2. The molecule has 2 aromatic carbocycles. The Morgan fingerprint density at radius 3 is 2.57 bits per heavy atom. The Morgan fingerprint density at radius 2 is 1.93 bits per heavy atom. The lowest BCUT2D eigenvalue weighted by Crippen LogP contribution is -2.40. The van der Waals surface area contributed by atoms with E-state index in [1.807, 2.05) is 13.8 Å². The molecule has 0 amide bonds. The Hall–Kier alpha value is -1.46. The van der Waals surface area contributed by atoms with Crippen LogP contribution in [0.25, 0.3) is 11.1 Å². The summed E-state index contributed by atoms with van der Waals surface area (Å²) in [7, 11) is 0. The molecule has 0 saturated heterocycles. The average Bonchev–Trinajstić information content (AvgIpc) is 3.47. The van der Waals surface area contributed by atoms with E-state index < -0.39 is 6.17 Å². The number of hydrogen-bond acceptors (Lipinski definition) is 2. The van der Waals surface area contributed by atoms with Crippen LogP contribution in [0.2, 0.25) is 0 Å². The number of benzene rings is 2. The predicted octanol–water partition coefficient (Wildman–Crippen LogP) is 6.64. The van der Waals surface area contributed by atoms with E-state index in [-0.39, 0.29) is 23.6 Å². The molecule has 0 bridgehead atoms. The van der Waals surface area contributed by atoms with E-state index in [0.717, 1.165) is 5.56 Å². The maximum Gasteiger partial charge on any atom is 0.134 e. The van der Waals surface area contributed by atoms with Gasteiger partial charge in [-0.15, -0.1) is 0 Å². The fraction of sp³-hybridized carbons (Fsp3) is 0.478. The van der Waals surface area contributed by atoms with E-state index in [1.165, 1.54) is 25.0 Å². The second-order valence-electron chi connectivity index (χ2n) is 7.86. The summed E-state index contributed by atoms with van der Waals surface area (Å²) in [6.07, 6.45) is 2.23. The first-order valence-corrected chi connectivity index (χ1v) is 10.9. The zero-order chi connectivity index (χ0) is 20.3. The molecule has 2 aromatic rings.